The van der Waals surface area contributed by atoms with Crippen LogP contribution in [-0.4, -0.2) is 88.8 Å². The summed E-state index contributed by atoms with van der Waals surface area (Å²) in [5.74, 6) is -0.913. The summed E-state index contributed by atoms with van der Waals surface area (Å²) >= 11 is 0. The Kier molecular flexibility index (Phi) is 12.6. The molecule has 0 aliphatic carbocycles. The maximum Gasteiger partial charge on any atom is 0.410 e. The number of benzene rings is 1. The molecule has 1 aromatic carbocycles. The van der Waals surface area contributed by atoms with E-state index in [-0.39, 0.29) is 37.5 Å². The highest BCUT2D eigenvalue weighted by molar-refractivity contribution is 5.82. The van der Waals surface area contributed by atoms with Gasteiger partial charge in [0.2, 0.25) is 11.8 Å². The number of piperidine rings is 2. The van der Waals surface area contributed by atoms with Gasteiger partial charge in [-0.1, -0.05) is 12.1 Å². The zero-order valence-corrected chi connectivity index (χ0v) is 27.6. The molecule has 0 bridgehead atoms. The van der Waals surface area contributed by atoms with Gasteiger partial charge in [-0.3, -0.25) is 19.4 Å². The molecule has 256 valence electrons. The molecule has 2 saturated heterocycles. The fourth-order valence-electron chi connectivity index (χ4n) is 6.06. The second-order valence-electron chi connectivity index (χ2n) is 13.4. The molecule has 2 aliphatic rings. The number of hydrogen-bond donors (Lipinski definition) is 2. The minimum atomic E-state index is -1.06. The van der Waals surface area contributed by atoms with Crippen LogP contribution in [0.2, 0.25) is 0 Å². The van der Waals surface area contributed by atoms with Crippen molar-refractivity contribution in [3.05, 3.63) is 48.3 Å². The first-order valence-electron chi connectivity index (χ1n) is 16.4. The molecule has 12 heteroatoms. The minimum Gasteiger partial charge on any atom is -0.491 e. The van der Waals surface area contributed by atoms with Crippen LogP contribution in [0.5, 0.6) is 5.75 Å². The summed E-state index contributed by atoms with van der Waals surface area (Å²) in [6.45, 7) is 7.02. The van der Waals surface area contributed by atoms with Crippen LogP contribution in [0.3, 0.4) is 0 Å². The number of carboxylic acid groups (broad SMARTS) is 1. The maximum absolute atomic E-state index is 13.4. The molecule has 2 aliphatic heterocycles. The summed E-state index contributed by atoms with van der Waals surface area (Å²) in [4.78, 5) is 58.5. The lowest BCUT2D eigenvalue weighted by Gasteiger charge is -2.35. The summed E-state index contributed by atoms with van der Waals surface area (Å²) in [7, 11) is 0. The summed E-state index contributed by atoms with van der Waals surface area (Å²) in [6.07, 6.45) is 6.61. The zero-order valence-electron chi connectivity index (χ0n) is 27.6. The van der Waals surface area contributed by atoms with Crippen LogP contribution in [-0.2, 0) is 19.1 Å². The number of aliphatic carboxylic acids is 1. The smallest absolute Gasteiger partial charge is 0.410 e. The van der Waals surface area contributed by atoms with Crippen molar-refractivity contribution in [3.63, 3.8) is 0 Å². The average molecular weight is 655 g/mol. The number of nitrogens with zero attached hydrogens (tertiary/aromatic N) is 3. The van der Waals surface area contributed by atoms with E-state index in [1.54, 1.807) is 52.5 Å². The van der Waals surface area contributed by atoms with E-state index < -0.39 is 30.2 Å². The molecule has 1 aromatic heterocycles. The monoisotopic (exact) mass is 654 g/mol. The average Bonchev–Trinajstić information content (AvgIpc) is 3.05. The van der Waals surface area contributed by atoms with Crippen LogP contribution < -0.4 is 10.1 Å². The predicted molar refractivity (Wildman–Crippen MR) is 173 cm³/mol. The SMILES string of the molecule is CC(C)(C)OC(=O)N1CCC(CCC(=O)N2CCC[C@@H](C(=O)NC(CC(=O)O)c3cncc(-c4ccc(OCCF)cc4)c3)C2)CC1. The number of rotatable bonds is 12. The Hall–Kier alpha value is -4.22. The van der Waals surface area contributed by atoms with E-state index in [9.17, 15) is 28.7 Å². The molecule has 2 N–H and O–H groups in total. The molecule has 0 spiro atoms. The van der Waals surface area contributed by atoms with E-state index >= 15 is 0 Å². The number of ether oxygens (including phenoxy) is 2. The molecule has 0 radical (unpaired) electrons. The van der Waals surface area contributed by atoms with E-state index in [0.29, 0.717) is 56.1 Å². The van der Waals surface area contributed by atoms with Gasteiger partial charge in [-0.25, -0.2) is 9.18 Å². The van der Waals surface area contributed by atoms with E-state index in [0.717, 1.165) is 30.4 Å². The first kappa shape index (κ1) is 35.6. The molecule has 3 amide bonds. The third kappa shape index (κ3) is 10.9. The Labute approximate surface area is 275 Å². The highest BCUT2D eigenvalue weighted by atomic mass is 19.1. The number of halogens is 1. The molecule has 4 rings (SSSR count). The van der Waals surface area contributed by atoms with Crippen LogP contribution in [0.4, 0.5) is 9.18 Å². The second kappa shape index (κ2) is 16.6. The zero-order chi connectivity index (χ0) is 34.0. The first-order valence-corrected chi connectivity index (χ1v) is 16.4. The fourth-order valence-corrected chi connectivity index (χ4v) is 6.06. The number of aromatic nitrogens is 1. The molecule has 11 nitrogen and oxygen atoms in total. The Bertz CT molecular complexity index is 1370. The summed E-state index contributed by atoms with van der Waals surface area (Å²) in [5.41, 5.74) is 1.56. The maximum atomic E-state index is 13.4. The van der Waals surface area contributed by atoms with Crippen LogP contribution in [0, 0.1) is 11.8 Å². The fraction of sp³-hybridized carbons (Fsp3) is 0.571. The lowest BCUT2D eigenvalue weighted by Crippen LogP contribution is -2.46. The third-order valence-corrected chi connectivity index (χ3v) is 8.57. The van der Waals surface area contributed by atoms with E-state index in [1.807, 2.05) is 20.8 Å². The van der Waals surface area contributed by atoms with Crippen LogP contribution >= 0.6 is 0 Å². The number of alkyl halides is 1. The van der Waals surface area contributed by atoms with E-state index in [4.69, 9.17) is 9.47 Å². The van der Waals surface area contributed by atoms with Crippen molar-refractivity contribution in [1.82, 2.24) is 20.1 Å². The van der Waals surface area contributed by atoms with Gasteiger partial charge in [0, 0.05) is 50.6 Å². The largest absolute Gasteiger partial charge is 0.491 e. The van der Waals surface area contributed by atoms with Crippen molar-refractivity contribution < 1.29 is 38.1 Å². The number of amides is 3. The van der Waals surface area contributed by atoms with Crippen LogP contribution in [0.25, 0.3) is 11.1 Å². The van der Waals surface area contributed by atoms with Gasteiger partial charge in [-0.05, 0) is 88.1 Å². The highest BCUT2D eigenvalue weighted by Crippen LogP contribution is 2.28. The number of carbonyl (C=O) groups excluding carboxylic acids is 3. The Morgan fingerprint density at radius 3 is 2.40 bits per heavy atom. The van der Waals surface area contributed by atoms with Crippen molar-refractivity contribution in [3.8, 4) is 16.9 Å². The van der Waals surface area contributed by atoms with Crippen molar-refractivity contribution in [2.24, 2.45) is 11.8 Å². The number of likely N-dealkylation sites (tertiary alicyclic amines) is 2. The molecule has 2 aromatic rings. The molecule has 1 unspecified atom stereocenters. The number of carboxylic acids is 1. The van der Waals surface area contributed by atoms with Crippen molar-refractivity contribution in [1.29, 1.82) is 0 Å². The Balaban J connectivity index is 1.30. The third-order valence-electron chi connectivity index (χ3n) is 8.57. The topological polar surface area (TPSA) is 138 Å². The van der Waals surface area contributed by atoms with Gasteiger partial charge in [-0.2, -0.15) is 0 Å². The molecule has 2 atom stereocenters. The first-order chi connectivity index (χ1) is 22.4. The van der Waals surface area contributed by atoms with Crippen LogP contribution in [0.15, 0.2) is 42.7 Å². The second-order valence-corrected chi connectivity index (χ2v) is 13.4. The van der Waals surface area contributed by atoms with E-state index in [2.05, 4.69) is 10.3 Å². The van der Waals surface area contributed by atoms with Gasteiger partial charge in [0.05, 0.1) is 18.4 Å². The Morgan fingerprint density at radius 1 is 1.02 bits per heavy atom. The number of nitrogens with one attached hydrogen (secondary N) is 1. The van der Waals surface area contributed by atoms with Gasteiger partial charge in [0.25, 0.3) is 0 Å². The number of pyridine rings is 1. The van der Waals surface area contributed by atoms with Gasteiger partial charge in [0.15, 0.2) is 0 Å². The molecular weight excluding hydrogens is 607 g/mol. The van der Waals surface area contributed by atoms with E-state index in [1.165, 1.54) is 0 Å². The lowest BCUT2D eigenvalue weighted by molar-refractivity contribution is -0.138. The molecular formula is C35H47FN4O7. The normalized spacial score (nSPS) is 17.9. The Morgan fingerprint density at radius 2 is 1.74 bits per heavy atom. The summed E-state index contributed by atoms with van der Waals surface area (Å²) in [6, 6.07) is 8.04. The van der Waals surface area contributed by atoms with Gasteiger partial charge >= 0.3 is 12.1 Å². The molecule has 3 heterocycles. The standard InChI is InChI=1S/C35H47FN4O7/c1-35(2,3)47-34(45)39-16-12-24(13-17-39)6-11-31(41)40-15-4-5-26(23-40)33(44)38-30(20-32(42)43)28-19-27(21-37-22-28)25-7-9-29(10-8-25)46-18-14-36/h7-10,19,21-22,24,26,30H,4-6,11-18,20,23H2,1-3H3,(H,38,44)(H,42,43)/t26-,30?/m1/s1. The molecule has 2 fully saturated rings. The van der Waals surface area contributed by atoms with Gasteiger partial charge < -0.3 is 29.7 Å². The quantitative estimate of drug-likeness (QED) is 0.311. The van der Waals surface area contributed by atoms with Crippen molar-refractivity contribution in [2.75, 3.05) is 39.5 Å². The molecule has 47 heavy (non-hydrogen) atoms. The number of carbonyl (C=O) groups is 4. The summed E-state index contributed by atoms with van der Waals surface area (Å²) in [5, 5.41) is 12.6. The minimum absolute atomic E-state index is 0.0113. The molecule has 0 saturated carbocycles. The van der Waals surface area contributed by atoms with Crippen molar-refractivity contribution in [2.45, 2.75) is 77.4 Å². The lowest BCUT2D eigenvalue weighted by atomic mass is 9.91. The summed E-state index contributed by atoms with van der Waals surface area (Å²) < 4.78 is 23.2. The van der Waals surface area contributed by atoms with Crippen molar-refractivity contribution >= 4 is 23.9 Å². The van der Waals surface area contributed by atoms with Gasteiger partial charge in [0.1, 0.15) is 24.6 Å². The highest BCUT2D eigenvalue weighted by Gasteiger charge is 2.32. The van der Waals surface area contributed by atoms with Gasteiger partial charge in [-0.15, -0.1) is 0 Å². The predicted octanol–water partition coefficient (Wildman–Crippen LogP) is 5.39. The van der Waals surface area contributed by atoms with Crippen LogP contribution in [0.1, 0.15) is 77.3 Å². The number of hydrogen-bond acceptors (Lipinski definition) is 7.